The second-order valence-corrected chi connectivity index (χ2v) is 10.8. The van der Waals surface area contributed by atoms with Gasteiger partial charge in [-0.25, -0.2) is 4.39 Å². The maximum absolute atomic E-state index is 16.4. The van der Waals surface area contributed by atoms with Crippen molar-refractivity contribution in [2.24, 2.45) is 0 Å². The zero-order chi connectivity index (χ0) is 31.2. The van der Waals surface area contributed by atoms with Gasteiger partial charge in [0.2, 0.25) is 11.8 Å². The number of aromatic amines is 1. The van der Waals surface area contributed by atoms with E-state index in [9.17, 15) is 14.4 Å². The molecule has 0 saturated carbocycles. The Bertz CT molecular complexity index is 1700. The number of nitrogens with one attached hydrogen (secondary N) is 2. The smallest absolute Gasteiger partial charge is 0.270 e. The number of fused-ring (bicyclic) bond motifs is 1. The van der Waals surface area contributed by atoms with E-state index in [1.165, 1.54) is 6.92 Å². The maximum Gasteiger partial charge on any atom is 0.270 e. The van der Waals surface area contributed by atoms with Crippen LogP contribution in [0.5, 0.6) is 5.75 Å². The number of carbonyl (C=O) groups excluding carboxylic acids is 3. The van der Waals surface area contributed by atoms with E-state index in [0.717, 1.165) is 5.56 Å². The Kier molecular flexibility index (Phi) is 9.37. The number of aromatic nitrogens is 4. The molecule has 0 radical (unpaired) electrons. The number of ether oxygens (including phenoxy) is 1. The largest absolute Gasteiger partial charge is 0.496 e. The van der Waals surface area contributed by atoms with Gasteiger partial charge in [-0.3, -0.25) is 19.1 Å². The Morgan fingerprint density at radius 3 is 2.73 bits per heavy atom. The van der Waals surface area contributed by atoms with E-state index in [2.05, 4.69) is 20.6 Å². The third-order valence-electron chi connectivity index (χ3n) is 7.75. The lowest BCUT2D eigenvalue weighted by molar-refractivity contribution is -0.131. The van der Waals surface area contributed by atoms with E-state index >= 15 is 4.39 Å². The summed E-state index contributed by atoms with van der Waals surface area (Å²) in [6, 6.07) is 10.9. The zero-order valence-corrected chi connectivity index (χ0v) is 25.1. The number of methoxy groups -OCH3 is 1. The minimum Gasteiger partial charge on any atom is -0.496 e. The highest BCUT2D eigenvalue weighted by atomic mass is 19.1. The fraction of sp³-hybridized carbons (Fsp3) is 0.344. The van der Waals surface area contributed by atoms with Crippen LogP contribution in [0.4, 0.5) is 4.39 Å². The zero-order valence-electron chi connectivity index (χ0n) is 25.1. The number of nitrogens with zero attached hydrogens (tertiary/aromatic N) is 5. The molecule has 0 unspecified atom stereocenters. The molecule has 44 heavy (non-hydrogen) atoms. The van der Waals surface area contributed by atoms with Crippen molar-refractivity contribution >= 4 is 34.2 Å². The molecule has 4 aromatic rings. The Balaban J connectivity index is 1.48. The van der Waals surface area contributed by atoms with Crippen molar-refractivity contribution in [2.75, 3.05) is 40.3 Å². The summed E-state index contributed by atoms with van der Waals surface area (Å²) in [5, 5.41) is 11.0. The second kappa shape index (κ2) is 13.5. The number of hydrogen-bond donors (Lipinski definition) is 2. The summed E-state index contributed by atoms with van der Waals surface area (Å²) in [6.45, 7) is 3.51. The van der Waals surface area contributed by atoms with E-state index in [1.807, 2.05) is 30.3 Å². The first-order valence-electron chi connectivity index (χ1n) is 14.6. The molecule has 0 atom stereocenters. The van der Waals surface area contributed by atoms with Crippen molar-refractivity contribution in [3.05, 3.63) is 71.9 Å². The molecule has 3 amide bonds. The van der Waals surface area contributed by atoms with Crippen LogP contribution in [-0.4, -0.2) is 87.8 Å². The number of amides is 3. The van der Waals surface area contributed by atoms with Crippen molar-refractivity contribution in [3.8, 4) is 16.9 Å². The molecule has 0 aliphatic carbocycles. The number of halogens is 1. The normalized spacial score (nSPS) is 13.1. The Morgan fingerprint density at radius 2 is 1.98 bits per heavy atom. The highest BCUT2D eigenvalue weighted by Gasteiger charge is 2.26. The molecule has 5 rings (SSSR count). The molecular weight excluding hydrogens is 565 g/mol. The summed E-state index contributed by atoms with van der Waals surface area (Å²) in [6.07, 6.45) is 6.66. The van der Waals surface area contributed by atoms with Gasteiger partial charge in [0.05, 0.1) is 25.4 Å². The van der Waals surface area contributed by atoms with Crippen LogP contribution in [-0.2, 0) is 16.1 Å². The Labute approximate surface area is 254 Å². The molecule has 12 heteroatoms. The quantitative estimate of drug-likeness (QED) is 0.252. The molecule has 11 nitrogen and oxygen atoms in total. The standard InChI is InChI=1S/C32H36FN7O4/c1-21(41)34-12-7-14-38(2)32(43)27-19-26-25(23-9-4-5-10-28(23)44-3)18-24(30(33)31(26)36-27)22-8-6-15-39(20-22)29(42)11-16-40-17-13-35-37-40/h4-5,8-10,13,17-19,36H,6-7,11-12,14-16,20H2,1-3H3,(H,34,41). The van der Waals surface area contributed by atoms with Gasteiger partial charge in [-0.05, 0) is 42.2 Å². The summed E-state index contributed by atoms with van der Waals surface area (Å²) in [5.41, 5.74) is 2.95. The van der Waals surface area contributed by atoms with Gasteiger partial charge < -0.3 is 24.8 Å². The highest BCUT2D eigenvalue weighted by Crippen LogP contribution is 2.40. The average Bonchev–Trinajstić information content (AvgIpc) is 3.73. The summed E-state index contributed by atoms with van der Waals surface area (Å²) >= 11 is 0. The molecule has 2 aromatic carbocycles. The lowest BCUT2D eigenvalue weighted by Crippen LogP contribution is -2.36. The Morgan fingerprint density at radius 1 is 1.16 bits per heavy atom. The highest BCUT2D eigenvalue weighted by molar-refractivity contribution is 6.05. The van der Waals surface area contributed by atoms with Crippen LogP contribution >= 0.6 is 0 Å². The number of rotatable bonds is 11. The maximum atomic E-state index is 16.4. The van der Waals surface area contributed by atoms with E-state index in [0.29, 0.717) is 66.9 Å². The van der Waals surface area contributed by atoms with Crippen molar-refractivity contribution in [3.63, 3.8) is 0 Å². The topological polar surface area (TPSA) is 125 Å². The number of H-pyrrole nitrogens is 1. The molecule has 230 valence electrons. The lowest BCUT2D eigenvalue weighted by atomic mass is 9.93. The van der Waals surface area contributed by atoms with Crippen LogP contribution < -0.4 is 10.1 Å². The lowest BCUT2D eigenvalue weighted by Gasteiger charge is -2.28. The first-order chi connectivity index (χ1) is 21.3. The third-order valence-corrected chi connectivity index (χ3v) is 7.75. The van der Waals surface area contributed by atoms with Crippen LogP contribution in [0.15, 0.2) is 54.9 Å². The number of benzene rings is 2. The minimum absolute atomic E-state index is 0.0492. The van der Waals surface area contributed by atoms with Gasteiger partial charge in [-0.2, -0.15) is 0 Å². The Hall–Kier alpha value is -5.00. The SMILES string of the molecule is COc1ccccc1-c1cc(C2=CCCN(C(=O)CCn3ccnn3)C2)c(F)c2[nH]c(C(=O)N(C)CCCNC(C)=O)cc12. The van der Waals surface area contributed by atoms with Gasteiger partial charge in [-0.1, -0.05) is 29.5 Å². The fourth-order valence-corrected chi connectivity index (χ4v) is 5.46. The molecule has 0 bridgehead atoms. The van der Waals surface area contributed by atoms with E-state index in [1.54, 1.807) is 53.2 Å². The van der Waals surface area contributed by atoms with Crippen LogP contribution in [0.3, 0.4) is 0 Å². The van der Waals surface area contributed by atoms with Gasteiger partial charge in [-0.15, -0.1) is 5.10 Å². The molecule has 0 fully saturated rings. The second-order valence-electron chi connectivity index (χ2n) is 10.8. The summed E-state index contributed by atoms with van der Waals surface area (Å²) < 4.78 is 23.7. The van der Waals surface area contributed by atoms with E-state index in [-0.39, 0.29) is 41.9 Å². The fourth-order valence-electron chi connectivity index (χ4n) is 5.46. The van der Waals surface area contributed by atoms with Gasteiger partial charge >= 0.3 is 0 Å². The first kappa shape index (κ1) is 30.5. The van der Waals surface area contributed by atoms with Crippen molar-refractivity contribution in [2.45, 2.75) is 32.7 Å². The number of carbonyl (C=O) groups is 3. The molecule has 2 aromatic heterocycles. The summed E-state index contributed by atoms with van der Waals surface area (Å²) in [5.74, 6) is -0.354. The van der Waals surface area contributed by atoms with Gasteiger partial charge in [0.25, 0.3) is 5.91 Å². The van der Waals surface area contributed by atoms with E-state index < -0.39 is 5.82 Å². The van der Waals surface area contributed by atoms with Gasteiger partial charge in [0, 0.05) is 69.3 Å². The van der Waals surface area contributed by atoms with Crippen LogP contribution in [0.2, 0.25) is 0 Å². The number of hydrogen-bond acceptors (Lipinski definition) is 6. The number of aryl methyl sites for hydroxylation is 1. The van der Waals surface area contributed by atoms with Crippen molar-refractivity contribution in [1.29, 1.82) is 0 Å². The monoisotopic (exact) mass is 601 g/mol. The summed E-state index contributed by atoms with van der Waals surface area (Å²) in [4.78, 5) is 43.9. The van der Waals surface area contributed by atoms with Gasteiger partial charge in [0.1, 0.15) is 11.4 Å². The molecule has 1 aliphatic heterocycles. The average molecular weight is 602 g/mol. The first-order valence-corrected chi connectivity index (χ1v) is 14.6. The van der Waals surface area contributed by atoms with Crippen LogP contribution in [0.25, 0.3) is 27.6 Å². The molecular formula is C32H36FN7O4. The minimum atomic E-state index is -0.492. The molecule has 2 N–H and O–H groups in total. The molecule has 1 aliphatic rings. The van der Waals surface area contributed by atoms with Crippen LogP contribution in [0, 0.1) is 5.82 Å². The predicted molar refractivity (Wildman–Crippen MR) is 164 cm³/mol. The third kappa shape index (κ3) is 6.64. The van der Waals surface area contributed by atoms with E-state index in [4.69, 9.17) is 4.74 Å². The predicted octanol–water partition coefficient (Wildman–Crippen LogP) is 3.88. The van der Waals surface area contributed by atoms with Crippen molar-refractivity contribution < 1.29 is 23.5 Å². The number of para-hydroxylation sites is 1. The van der Waals surface area contributed by atoms with Crippen molar-refractivity contribution in [1.82, 2.24) is 35.1 Å². The van der Waals surface area contributed by atoms with Crippen LogP contribution in [0.1, 0.15) is 42.2 Å². The van der Waals surface area contributed by atoms with Gasteiger partial charge in [0.15, 0.2) is 5.82 Å². The molecule has 3 heterocycles. The molecule has 0 saturated heterocycles. The molecule has 0 spiro atoms. The summed E-state index contributed by atoms with van der Waals surface area (Å²) in [7, 11) is 3.25.